The smallest absolute Gasteiger partial charge is 0.462 e. The van der Waals surface area contributed by atoms with E-state index in [9.17, 15) is 43.2 Å². The van der Waals surface area contributed by atoms with Gasteiger partial charge in [0.25, 0.3) is 0 Å². The first-order valence-electron chi connectivity index (χ1n) is 37.2. The standard InChI is InChI=1S/C75H134O17P2/c1-5-9-13-17-21-25-29-32-34-37-40-43-47-51-55-59-72(77)85-65-70(91-74(79)61-57-53-49-45-39-28-24-20-16-12-8-4)67-89-93(81,82)87-63-69(76)64-88-94(83,84)90-68-71(92-75(80)62-58-54-50-46-42-36-31-27-23-19-15-11-7-3)66-86-73(78)60-56-52-48-44-41-38-35-33-30-26-22-18-14-10-6-2/h10,14,20,22,24,26-27,31,33,35,41,44,69-71,76H,5-9,11-13,15-19,21,23,25,28-30,32,34,36-40,42-43,45-68H2,1-4H3,(H,81,82)(H,83,84)/b14-10-,24-20-,26-22-,31-27-,35-33-,44-41-. The minimum atomic E-state index is -4.98. The molecule has 0 aromatic rings. The summed E-state index contributed by atoms with van der Waals surface area (Å²) < 4.78 is 68.3. The topological polar surface area (TPSA) is 237 Å². The van der Waals surface area contributed by atoms with Gasteiger partial charge in [0, 0.05) is 25.7 Å². The van der Waals surface area contributed by atoms with Crippen LogP contribution in [0.4, 0.5) is 0 Å². The monoisotopic (exact) mass is 1370 g/mol. The second-order valence-corrected chi connectivity index (χ2v) is 27.8. The molecule has 0 heterocycles. The summed E-state index contributed by atoms with van der Waals surface area (Å²) in [5.41, 5.74) is 0. The van der Waals surface area contributed by atoms with E-state index < -0.39 is 97.5 Å². The van der Waals surface area contributed by atoms with E-state index in [0.717, 1.165) is 135 Å². The Morgan fingerprint density at radius 2 is 0.564 bits per heavy atom. The number of allylic oxidation sites excluding steroid dienone is 12. The number of rotatable bonds is 70. The van der Waals surface area contributed by atoms with E-state index in [2.05, 4.69) is 101 Å². The minimum Gasteiger partial charge on any atom is -0.462 e. The molecule has 5 atom stereocenters. The Hall–Kier alpha value is -3.50. The Labute approximate surface area is 571 Å². The molecule has 0 fully saturated rings. The van der Waals surface area contributed by atoms with Gasteiger partial charge in [-0.15, -0.1) is 0 Å². The van der Waals surface area contributed by atoms with E-state index in [-0.39, 0.29) is 25.7 Å². The van der Waals surface area contributed by atoms with Gasteiger partial charge in [0.2, 0.25) is 0 Å². The molecule has 17 nitrogen and oxygen atoms in total. The quantitative estimate of drug-likeness (QED) is 0.0169. The van der Waals surface area contributed by atoms with Crippen molar-refractivity contribution in [3.8, 4) is 0 Å². The van der Waals surface area contributed by atoms with E-state index in [1.165, 1.54) is 109 Å². The molecular weight excluding hydrogens is 1230 g/mol. The molecule has 3 N–H and O–H groups in total. The number of unbranched alkanes of at least 4 members (excludes halogenated alkanes) is 32. The first-order chi connectivity index (χ1) is 45.7. The van der Waals surface area contributed by atoms with Gasteiger partial charge in [0.15, 0.2) is 12.2 Å². The molecule has 0 radical (unpaired) electrons. The third-order valence-corrected chi connectivity index (χ3v) is 17.6. The zero-order chi connectivity index (χ0) is 69.0. The summed E-state index contributed by atoms with van der Waals surface area (Å²) in [5.74, 6) is -2.22. The molecule has 5 unspecified atom stereocenters. The minimum absolute atomic E-state index is 0.0776. The van der Waals surface area contributed by atoms with Crippen molar-refractivity contribution in [3.63, 3.8) is 0 Å². The Morgan fingerprint density at radius 1 is 0.309 bits per heavy atom. The highest BCUT2D eigenvalue weighted by Gasteiger charge is 2.30. The van der Waals surface area contributed by atoms with Crippen LogP contribution in [0.25, 0.3) is 0 Å². The second kappa shape index (κ2) is 68.0. The second-order valence-electron chi connectivity index (χ2n) is 24.9. The van der Waals surface area contributed by atoms with Crippen LogP contribution in [0.3, 0.4) is 0 Å². The molecule has 0 aromatic heterocycles. The summed E-state index contributed by atoms with van der Waals surface area (Å²) in [6, 6.07) is 0. The summed E-state index contributed by atoms with van der Waals surface area (Å²) >= 11 is 0. The van der Waals surface area contributed by atoms with Gasteiger partial charge in [-0.05, 0) is 109 Å². The van der Waals surface area contributed by atoms with Crippen molar-refractivity contribution in [2.24, 2.45) is 0 Å². The lowest BCUT2D eigenvalue weighted by atomic mass is 10.0. The number of hydrogen-bond donors (Lipinski definition) is 3. The van der Waals surface area contributed by atoms with Crippen LogP contribution in [-0.2, 0) is 65.4 Å². The van der Waals surface area contributed by atoms with Gasteiger partial charge in [0.1, 0.15) is 19.3 Å². The van der Waals surface area contributed by atoms with Crippen LogP contribution in [0.2, 0.25) is 0 Å². The van der Waals surface area contributed by atoms with Gasteiger partial charge in [-0.1, -0.05) is 261 Å². The van der Waals surface area contributed by atoms with Gasteiger partial charge >= 0.3 is 39.5 Å². The SMILES string of the molecule is CC/C=C\C/C=C\C/C=C\C/C=C\CCCCC(=O)OCC(COP(=O)(O)OCC(O)COP(=O)(O)OCC(COC(=O)CCCCCCCCCCCCCCCCC)OC(=O)CCCCCCC/C=C\CCCC)OC(=O)CCCCCCC/C=C\CCCCCC. The maximum absolute atomic E-state index is 13.0. The number of carbonyl (C=O) groups is 4. The van der Waals surface area contributed by atoms with E-state index >= 15 is 0 Å². The largest absolute Gasteiger partial charge is 0.472 e. The average molecular weight is 1370 g/mol. The van der Waals surface area contributed by atoms with Crippen LogP contribution in [0.15, 0.2) is 72.9 Å². The van der Waals surface area contributed by atoms with Gasteiger partial charge in [-0.3, -0.25) is 37.3 Å². The molecule has 19 heteroatoms. The van der Waals surface area contributed by atoms with Crippen molar-refractivity contribution in [1.82, 2.24) is 0 Å². The Balaban J connectivity index is 5.33. The fraction of sp³-hybridized carbons (Fsp3) is 0.787. The third kappa shape index (κ3) is 67.1. The van der Waals surface area contributed by atoms with Crippen LogP contribution in [-0.4, -0.2) is 96.7 Å². The lowest BCUT2D eigenvalue weighted by molar-refractivity contribution is -0.161. The zero-order valence-electron chi connectivity index (χ0n) is 59.4. The number of carbonyl (C=O) groups excluding carboxylic acids is 4. The highest BCUT2D eigenvalue weighted by molar-refractivity contribution is 7.47. The molecule has 0 aliphatic rings. The highest BCUT2D eigenvalue weighted by Crippen LogP contribution is 2.45. The van der Waals surface area contributed by atoms with E-state index in [4.69, 9.17) is 37.0 Å². The number of aliphatic hydroxyl groups is 1. The number of phosphoric ester groups is 2. The lowest BCUT2D eigenvalue weighted by Crippen LogP contribution is -2.30. The van der Waals surface area contributed by atoms with Gasteiger partial charge in [0.05, 0.1) is 26.4 Å². The van der Waals surface area contributed by atoms with Crippen molar-refractivity contribution in [2.45, 2.75) is 341 Å². The lowest BCUT2D eigenvalue weighted by Gasteiger charge is -2.21. The van der Waals surface area contributed by atoms with Crippen molar-refractivity contribution in [2.75, 3.05) is 39.6 Å². The van der Waals surface area contributed by atoms with Crippen LogP contribution in [0.1, 0.15) is 323 Å². The highest BCUT2D eigenvalue weighted by atomic mass is 31.2. The molecule has 0 bridgehead atoms. The number of aliphatic hydroxyl groups excluding tert-OH is 1. The first-order valence-corrected chi connectivity index (χ1v) is 40.2. The van der Waals surface area contributed by atoms with Gasteiger partial charge in [-0.25, -0.2) is 9.13 Å². The number of phosphoric acid groups is 2. The number of esters is 4. The molecule has 0 saturated heterocycles. The van der Waals surface area contributed by atoms with Crippen molar-refractivity contribution in [1.29, 1.82) is 0 Å². The molecule has 0 aliphatic heterocycles. The van der Waals surface area contributed by atoms with E-state index in [1.807, 2.05) is 0 Å². The summed E-state index contributed by atoms with van der Waals surface area (Å²) in [6.45, 7) is 4.67. The maximum Gasteiger partial charge on any atom is 0.472 e. The van der Waals surface area contributed by atoms with Crippen LogP contribution in [0.5, 0.6) is 0 Å². The summed E-state index contributed by atoms with van der Waals surface area (Å²) in [5, 5.41) is 10.6. The van der Waals surface area contributed by atoms with E-state index in [0.29, 0.717) is 25.7 Å². The molecule has 0 rings (SSSR count). The number of ether oxygens (including phenoxy) is 4. The summed E-state index contributed by atoms with van der Waals surface area (Å²) in [4.78, 5) is 72.7. The van der Waals surface area contributed by atoms with Crippen LogP contribution >= 0.6 is 15.6 Å². The van der Waals surface area contributed by atoms with E-state index in [1.54, 1.807) is 0 Å². The molecular formula is C75H134O17P2. The zero-order valence-corrected chi connectivity index (χ0v) is 61.2. The first kappa shape index (κ1) is 90.5. The Morgan fingerprint density at radius 3 is 0.926 bits per heavy atom. The molecule has 0 aliphatic carbocycles. The molecule has 546 valence electrons. The molecule has 0 amide bonds. The molecule has 0 saturated carbocycles. The summed E-state index contributed by atoms with van der Waals surface area (Å²) in [7, 11) is -9.94. The van der Waals surface area contributed by atoms with Crippen molar-refractivity contribution in [3.05, 3.63) is 72.9 Å². The Bertz CT molecular complexity index is 2070. The normalized spacial score (nSPS) is 14.4. The predicted molar refractivity (Wildman–Crippen MR) is 381 cm³/mol. The fourth-order valence-electron chi connectivity index (χ4n) is 9.95. The van der Waals surface area contributed by atoms with Crippen LogP contribution < -0.4 is 0 Å². The maximum atomic E-state index is 13.0. The fourth-order valence-corrected chi connectivity index (χ4v) is 11.5. The van der Waals surface area contributed by atoms with Crippen molar-refractivity contribution >= 4 is 39.5 Å². The van der Waals surface area contributed by atoms with Gasteiger partial charge in [-0.2, -0.15) is 0 Å². The third-order valence-electron chi connectivity index (χ3n) is 15.7. The molecule has 94 heavy (non-hydrogen) atoms. The predicted octanol–water partition coefficient (Wildman–Crippen LogP) is 20.9. The molecule has 0 spiro atoms. The Kier molecular flexibility index (Phi) is 65.5. The average Bonchev–Trinajstić information content (AvgIpc) is 1.55. The number of hydrogen-bond acceptors (Lipinski definition) is 15. The van der Waals surface area contributed by atoms with Crippen LogP contribution in [0, 0.1) is 0 Å². The van der Waals surface area contributed by atoms with Crippen molar-refractivity contribution < 1.29 is 80.2 Å². The van der Waals surface area contributed by atoms with Gasteiger partial charge < -0.3 is 33.8 Å². The summed E-state index contributed by atoms with van der Waals surface area (Å²) in [6.07, 6.45) is 66.2. The molecule has 0 aromatic carbocycles.